The zero-order valence-corrected chi connectivity index (χ0v) is 8.72. The fourth-order valence-corrected chi connectivity index (χ4v) is 1.49. The third kappa shape index (κ3) is 2.12. The van der Waals surface area contributed by atoms with Gasteiger partial charge in [0.25, 0.3) is 0 Å². The lowest BCUT2D eigenvalue weighted by atomic mass is 10.3. The Morgan fingerprint density at radius 1 is 1.29 bits per heavy atom. The number of aryl methyl sites for hydroxylation is 1. The first-order chi connectivity index (χ1) is 7.97. The molecule has 0 amide bonds. The summed E-state index contributed by atoms with van der Waals surface area (Å²) < 4.78 is 27.3. The fraction of sp³-hybridized carbons (Fsp3) is 0.100. The number of halogens is 2. The molecule has 17 heavy (non-hydrogen) atoms. The molecule has 1 heterocycles. The topological polar surface area (TPSA) is 61.0 Å². The van der Waals surface area contributed by atoms with Crippen molar-refractivity contribution >= 4 is 5.82 Å². The normalized spacial score (nSPS) is 10.5. The summed E-state index contributed by atoms with van der Waals surface area (Å²) in [6.45, 7) is 1.51. The van der Waals surface area contributed by atoms with Crippen molar-refractivity contribution in [3.05, 3.63) is 52.0 Å². The number of hydrogen-bond donors (Lipinski definition) is 0. The second kappa shape index (κ2) is 3.93. The Labute approximate surface area is 94.5 Å². The van der Waals surface area contributed by atoms with Crippen molar-refractivity contribution in [1.82, 2.24) is 9.55 Å². The molecule has 0 aliphatic rings. The van der Waals surface area contributed by atoms with E-state index >= 15 is 0 Å². The van der Waals surface area contributed by atoms with Gasteiger partial charge in [-0.05, 0) is 22.0 Å². The first-order valence-electron chi connectivity index (χ1n) is 4.64. The molecule has 0 atom stereocenters. The molecule has 0 aliphatic heterocycles. The molecule has 0 saturated heterocycles. The van der Waals surface area contributed by atoms with Crippen LogP contribution < -0.4 is 0 Å². The van der Waals surface area contributed by atoms with Gasteiger partial charge in [-0.3, -0.25) is 4.57 Å². The first-order valence-corrected chi connectivity index (χ1v) is 4.64. The Kier molecular flexibility index (Phi) is 2.58. The maximum absolute atomic E-state index is 13.0. The molecule has 7 heteroatoms. The second-order valence-electron chi connectivity index (χ2n) is 3.40. The van der Waals surface area contributed by atoms with Crippen molar-refractivity contribution in [3.8, 4) is 5.69 Å². The van der Waals surface area contributed by atoms with Gasteiger partial charge in [0.05, 0.1) is 5.69 Å². The third-order valence-corrected chi connectivity index (χ3v) is 2.18. The van der Waals surface area contributed by atoms with Crippen LogP contribution in [0, 0.1) is 28.7 Å². The van der Waals surface area contributed by atoms with Crippen molar-refractivity contribution in [2.45, 2.75) is 6.92 Å². The largest absolute Gasteiger partial charge is 0.382 e. The first kappa shape index (κ1) is 11.2. The van der Waals surface area contributed by atoms with Crippen LogP contribution in [0.1, 0.15) is 5.82 Å². The number of imidazole rings is 1. The monoisotopic (exact) mass is 239 g/mol. The van der Waals surface area contributed by atoms with Gasteiger partial charge in [-0.15, -0.1) is 0 Å². The summed E-state index contributed by atoms with van der Waals surface area (Å²) in [4.78, 5) is 13.5. The van der Waals surface area contributed by atoms with Crippen LogP contribution in [0.5, 0.6) is 0 Å². The average Bonchev–Trinajstić information content (AvgIpc) is 2.59. The Bertz CT molecular complexity index is 575. The Balaban J connectivity index is 2.56. The van der Waals surface area contributed by atoms with Crippen molar-refractivity contribution in [2.75, 3.05) is 0 Å². The predicted molar refractivity (Wildman–Crippen MR) is 54.9 cm³/mol. The van der Waals surface area contributed by atoms with E-state index in [0.29, 0.717) is 0 Å². The van der Waals surface area contributed by atoms with Gasteiger partial charge in [-0.1, -0.05) is 0 Å². The summed E-state index contributed by atoms with van der Waals surface area (Å²) in [5, 5.41) is 10.5. The highest BCUT2D eigenvalue weighted by molar-refractivity contribution is 5.37. The second-order valence-corrected chi connectivity index (χ2v) is 3.40. The van der Waals surface area contributed by atoms with E-state index in [4.69, 9.17) is 0 Å². The van der Waals surface area contributed by atoms with E-state index in [1.807, 2.05) is 0 Å². The quantitative estimate of drug-likeness (QED) is 0.597. The minimum atomic E-state index is -0.754. The van der Waals surface area contributed by atoms with Crippen molar-refractivity contribution in [1.29, 1.82) is 0 Å². The molecule has 0 bridgehead atoms. The van der Waals surface area contributed by atoms with E-state index in [0.717, 1.165) is 24.4 Å². The molecule has 5 nitrogen and oxygen atoms in total. The molecule has 0 N–H and O–H groups in total. The van der Waals surface area contributed by atoms with Crippen LogP contribution in [0.25, 0.3) is 5.69 Å². The summed E-state index contributed by atoms with van der Waals surface area (Å²) in [5.41, 5.74) is 0.153. The smallest absolute Gasteiger partial charge is 0.358 e. The van der Waals surface area contributed by atoms with Crippen molar-refractivity contribution < 1.29 is 13.7 Å². The van der Waals surface area contributed by atoms with Crippen LogP contribution in [0.4, 0.5) is 14.6 Å². The number of aromatic nitrogens is 2. The molecular weight excluding hydrogens is 232 g/mol. The molecule has 0 saturated carbocycles. The van der Waals surface area contributed by atoms with Gasteiger partial charge in [0.15, 0.2) is 0 Å². The molecule has 0 aliphatic carbocycles. The molecule has 1 aromatic heterocycles. The van der Waals surface area contributed by atoms with Crippen LogP contribution in [-0.2, 0) is 0 Å². The van der Waals surface area contributed by atoms with E-state index in [9.17, 15) is 18.9 Å². The summed E-state index contributed by atoms with van der Waals surface area (Å²) in [6.07, 6.45) is 1.11. The van der Waals surface area contributed by atoms with Gasteiger partial charge in [-0.2, -0.15) is 0 Å². The minimum Gasteiger partial charge on any atom is -0.358 e. The maximum atomic E-state index is 13.0. The number of nitro groups is 1. The highest BCUT2D eigenvalue weighted by Gasteiger charge is 2.16. The fourth-order valence-electron chi connectivity index (χ4n) is 1.49. The van der Waals surface area contributed by atoms with Gasteiger partial charge in [0.2, 0.25) is 5.82 Å². The van der Waals surface area contributed by atoms with Gasteiger partial charge >= 0.3 is 5.82 Å². The summed E-state index contributed by atoms with van der Waals surface area (Å²) in [7, 11) is 0. The Hall–Kier alpha value is -2.31. The maximum Gasteiger partial charge on any atom is 0.382 e. The molecular formula is C10H7F2N3O2. The molecule has 0 unspecified atom stereocenters. The number of rotatable bonds is 2. The van der Waals surface area contributed by atoms with Crippen LogP contribution >= 0.6 is 0 Å². The number of nitrogens with zero attached hydrogens (tertiary/aromatic N) is 3. The van der Waals surface area contributed by atoms with Gasteiger partial charge in [0, 0.05) is 13.0 Å². The average molecular weight is 239 g/mol. The lowest BCUT2D eigenvalue weighted by Gasteiger charge is -2.02. The SMILES string of the molecule is Cc1nc([N+](=O)[O-])cn1-c1cc(F)cc(F)c1. The van der Waals surface area contributed by atoms with E-state index in [-0.39, 0.29) is 17.3 Å². The van der Waals surface area contributed by atoms with Crippen LogP contribution in [0.15, 0.2) is 24.4 Å². The van der Waals surface area contributed by atoms with Crippen molar-refractivity contribution in [3.63, 3.8) is 0 Å². The van der Waals surface area contributed by atoms with E-state index < -0.39 is 16.6 Å². The third-order valence-electron chi connectivity index (χ3n) is 2.18. The van der Waals surface area contributed by atoms with Crippen molar-refractivity contribution in [2.24, 2.45) is 0 Å². The van der Waals surface area contributed by atoms with E-state index in [2.05, 4.69) is 4.98 Å². The summed E-state index contributed by atoms with van der Waals surface area (Å²) in [6, 6.07) is 2.87. The lowest BCUT2D eigenvalue weighted by molar-refractivity contribution is -0.389. The van der Waals surface area contributed by atoms with Crippen LogP contribution in [0.2, 0.25) is 0 Å². The number of hydrogen-bond acceptors (Lipinski definition) is 3. The molecule has 88 valence electrons. The Morgan fingerprint density at radius 3 is 2.35 bits per heavy atom. The highest BCUT2D eigenvalue weighted by Crippen LogP contribution is 2.18. The molecule has 2 rings (SSSR count). The minimum absolute atomic E-state index is 0.153. The molecule has 1 aromatic carbocycles. The summed E-state index contributed by atoms with van der Waals surface area (Å²) >= 11 is 0. The highest BCUT2D eigenvalue weighted by atomic mass is 19.1. The van der Waals surface area contributed by atoms with Crippen LogP contribution in [0.3, 0.4) is 0 Å². The molecule has 0 fully saturated rings. The zero-order chi connectivity index (χ0) is 12.6. The van der Waals surface area contributed by atoms with E-state index in [1.165, 1.54) is 11.5 Å². The van der Waals surface area contributed by atoms with Gasteiger partial charge in [0.1, 0.15) is 17.8 Å². The standard InChI is InChI=1S/C10H7F2N3O2/c1-6-13-10(15(16)17)5-14(6)9-3-7(11)2-8(12)4-9/h2-5H,1H3. The Morgan fingerprint density at radius 2 is 1.88 bits per heavy atom. The summed E-state index contributed by atoms with van der Waals surface area (Å²) in [5.74, 6) is -1.60. The molecule has 2 aromatic rings. The van der Waals surface area contributed by atoms with Gasteiger partial charge < -0.3 is 10.1 Å². The zero-order valence-electron chi connectivity index (χ0n) is 8.72. The molecule has 0 spiro atoms. The number of benzene rings is 1. The lowest BCUT2D eigenvalue weighted by Crippen LogP contribution is -1.97. The molecule has 0 radical (unpaired) electrons. The van der Waals surface area contributed by atoms with Crippen LogP contribution in [-0.4, -0.2) is 14.5 Å². The van der Waals surface area contributed by atoms with E-state index in [1.54, 1.807) is 0 Å². The predicted octanol–water partition coefficient (Wildman–Crippen LogP) is 2.37. The van der Waals surface area contributed by atoms with Gasteiger partial charge in [-0.25, -0.2) is 8.78 Å².